The van der Waals surface area contributed by atoms with Gasteiger partial charge < -0.3 is 24.8 Å². The van der Waals surface area contributed by atoms with Crippen molar-refractivity contribution in [2.24, 2.45) is 0 Å². The van der Waals surface area contributed by atoms with E-state index in [0.717, 1.165) is 16.8 Å². The lowest BCUT2D eigenvalue weighted by Crippen LogP contribution is -2.57. The summed E-state index contributed by atoms with van der Waals surface area (Å²) < 4.78 is 10.7. The van der Waals surface area contributed by atoms with Crippen LogP contribution in [0.3, 0.4) is 0 Å². The minimum Gasteiger partial charge on any atom is -0.394 e. The Labute approximate surface area is 144 Å². The molecule has 9 nitrogen and oxygen atoms in total. The van der Waals surface area contributed by atoms with Crippen LogP contribution in [-0.4, -0.2) is 73.7 Å². The molecule has 5 unspecified atom stereocenters. The average Bonchev–Trinajstić information content (AvgIpc) is 3.10. The smallest absolute Gasteiger partial charge is 0.199 e. The van der Waals surface area contributed by atoms with Crippen LogP contribution in [0, 0.1) is 0 Å². The summed E-state index contributed by atoms with van der Waals surface area (Å²) >= 11 is 0. The maximum Gasteiger partial charge on any atom is 0.199 e. The average molecular weight is 350 g/mol. The zero-order valence-corrected chi connectivity index (χ0v) is 13.8. The molecule has 3 N–H and O–H groups in total. The van der Waals surface area contributed by atoms with E-state index < -0.39 is 37.3 Å². The lowest BCUT2D eigenvalue weighted by atomic mass is 9.98. The number of benzene rings is 1. The van der Waals surface area contributed by atoms with Crippen molar-refractivity contribution in [1.29, 1.82) is 0 Å². The number of hydrogen-bond donors (Lipinski definition) is 3. The Kier molecular flexibility index (Phi) is 5.71. The summed E-state index contributed by atoms with van der Waals surface area (Å²) in [5.41, 5.74) is 1.16. The van der Waals surface area contributed by atoms with Crippen molar-refractivity contribution in [3.8, 4) is 0 Å². The molecule has 9 heteroatoms. The van der Waals surface area contributed by atoms with Gasteiger partial charge in [-0.15, -0.1) is 15.0 Å². The number of aliphatic hydroxyl groups is 3. The third-order valence-corrected chi connectivity index (χ3v) is 4.29. The fourth-order valence-corrected chi connectivity index (χ4v) is 2.90. The number of methoxy groups -OCH3 is 1. The Morgan fingerprint density at radius 2 is 1.92 bits per heavy atom. The lowest BCUT2D eigenvalue weighted by Gasteiger charge is -2.40. The van der Waals surface area contributed by atoms with Crippen LogP contribution in [0.5, 0.6) is 0 Å². The highest BCUT2D eigenvalue weighted by Crippen LogP contribution is 2.28. The van der Waals surface area contributed by atoms with Gasteiger partial charge in [0.1, 0.15) is 24.4 Å². The van der Waals surface area contributed by atoms with E-state index in [9.17, 15) is 15.3 Å². The summed E-state index contributed by atoms with van der Waals surface area (Å²) in [5.74, 6) is 0.514. The van der Waals surface area contributed by atoms with Gasteiger partial charge in [-0.2, -0.15) is 0 Å². The van der Waals surface area contributed by atoms with E-state index >= 15 is 0 Å². The number of aryl methyl sites for hydroxylation is 2. The summed E-state index contributed by atoms with van der Waals surface area (Å²) in [7, 11) is 1.37. The third-order valence-electron chi connectivity index (χ3n) is 4.29. The van der Waals surface area contributed by atoms with E-state index in [1.54, 1.807) is 0 Å². The molecule has 25 heavy (non-hydrogen) atoms. The quantitative estimate of drug-likeness (QED) is 0.612. The molecule has 0 aliphatic carbocycles. The molecule has 2 aromatic rings. The Hall–Kier alpha value is -1.91. The minimum atomic E-state index is -1.20. The van der Waals surface area contributed by atoms with Crippen LogP contribution in [0.15, 0.2) is 30.3 Å². The second-order valence-corrected chi connectivity index (χ2v) is 5.94. The molecule has 0 spiro atoms. The molecule has 0 amide bonds. The molecule has 1 aromatic carbocycles. The SMILES string of the molecule is COC1C(O)C(CO)OC(n2nnc(CCc3ccccc3)n2)C1O. The molecule has 5 atom stereocenters. The molecule has 136 valence electrons. The first-order chi connectivity index (χ1) is 12.1. The van der Waals surface area contributed by atoms with E-state index in [4.69, 9.17) is 9.47 Å². The normalized spacial score (nSPS) is 29.7. The fourth-order valence-electron chi connectivity index (χ4n) is 2.90. The van der Waals surface area contributed by atoms with E-state index in [2.05, 4.69) is 15.4 Å². The highest BCUT2D eigenvalue weighted by atomic mass is 16.6. The van der Waals surface area contributed by atoms with Crippen molar-refractivity contribution in [3.05, 3.63) is 41.7 Å². The number of nitrogens with zero attached hydrogens (tertiary/aromatic N) is 4. The maximum atomic E-state index is 10.4. The van der Waals surface area contributed by atoms with E-state index in [0.29, 0.717) is 12.2 Å². The van der Waals surface area contributed by atoms with Crippen molar-refractivity contribution < 1.29 is 24.8 Å². The zero-order chi connectivity index (χ0) is 17.8. The Bertz CT molecular complexity index is 668. The highest BCUT2D eigenvalue weighted by molar-refractivity contribution is 5.15. The van der Waals surface area contributed by atoms with Crippen LogP contribution in [0.4, 0.5) is 0 Å². The number of ether oxygens (including phenoxy) is 2. The van der Waals surface area contributed by atoms with Gasteiger partial charge in [0.05, 0.1) is 6.61 Å². The van der Waals surface area contributed by atoms with Gasteiger partial charge in [-0.25, -0.2) is 0 Å². The number of rotatable bonds is 6. The molecule has 3 rings (SSSR count). The lowest BCUT2D eigenvalue weighted by molar-refractivity contribution is -0.262. The van der Waals surface area contributed by atoms with Gasteiger partial charge in [-0.3, -0.25) is 0 Å². The van der Waals surface area contributed by atoms with Crippen molar-refractivity contribution in [1.82, 2.24) is 20.2 Å². The van der Waals surface area contributed by atoms with Gasteiger partial charge in [-0.1, -0.05) is 30.3 Å². The highest BCUT2D eigenvalue weighted by Gasteiger charge is 2.46. The van der Waals surface area contributed by atoms with Gasteiger partial charge in [-0.05, 0) is 17.2 Å². The fraction of sp³-hybridized carbons (Fsp3) is 0.562. The van der Waals surface area contributed by atoms with Gasteiger partial charge in [0.25, 0.3) is 0 Å². The number of tetrazole rings is 1. The number of hydrogen-bond acceptors (Lipinski definition) is 8. The van der Waals surface area contributed by atoms with Crippen molar-refractivity contribution >= 4 is 0 Å². The molecule has 1 aromatic heterocycles. The van der Waals surface area contributed by atoms with Crippen LogP contribution in [0.1, 0.15) is 17.6 Å². The van der Waals surface area contributed by atoms with E-state index in [-0.39, 0.29) is 0 Å². The van der Waals surface area contributed by atoms with Crippen molar-refractivity contribution in [2.45, 2.75) is 43.5 Å². The van der Waals surface area contributed by atoms with Gasteiger partial charge >= 0.3 is 0 Å². The third kappa shape index (κ3) is 3.86. The second kappa shape index (κ2) is 7.98. The Balaban J connectivity index is 1.70. The van der Waals surface area contributed by atoms with Crippen LogP contribution in [0.2, 0.25) is 0 Å². The van der Waals surface area contributed by atoms with E-state index in [1.807, 2.05) is 30.3 Å². The minimum absolute atomic E-state index is 0.417. The molecule has 2 heterocycles. The standard InChI is InChI=1S/C16H22N4O5/c1-24-15-13(22)11(9-21)25-16(14(15)23)20-18-12(17-19-20)8-7-10-5-3-2-4-6-10/h2-6,11,13-16,21-23H,7-9H2,1H3. The molecule has 1 saturated heterocycles. The topological polar surface area (TPSA) is 123 Å². The predicted octanol–water partition coefficient (Wildman–Crippen LogP) is -0.915. The number of aliphatic hydroxyl groups excluding tert-OH is 3. The molecule has 0 bridgehead atoms. The summed E-state index contributed by atoms with van der Waals surface area (Å²) in [5, 5.41) is 41.9. The molecular weight excluding hydrogens is 328 g/mol. The summed E-state index contributed by atoms with van der Waals surface area (Å²) in [6.45, 7) is -0.417. The Morgan fingerprint density at radius 1 is 1.16 bits per heavy atom. The van der Waals surface area contributed by atoms with Crippen LogP contribution >= 0.6 is 0 Å². The summed E-state index contributed by atoms with van der Waals surface area (Å²) in [4.78, 5) is 1.16. The summed E-state index contributed by atoms with van der Waals surface area (Å²) in [6, 6.07) is 9.94. The first kappa shape index (κ1) is 17.9. The molecule has 1 aliphatic rings. The second-order valence-electron chi connectivity index (χ2n) is 5.94. The largest absolute Gasteiger partial charge is 0.394 e. The van der Waals surface area contributed by atoms with Crippen LogP contribution in [-0.2, 0) is 22.3 Å². The monoisotopic (exact) mass is 350 g/mol. The van der Waals surface area contributed by atoms with Gasteiger partial charge in [0, 0.05) is 13.5 Å². The first-order valence-electron chi connectivity index (χ1n) is 8.11. The molecule has 1 aliphatic heterocycles. The Morgan fingerprint density at radius 3 is 2.60 bits per heavy atom. The van der Waals surface area contributed by atoms with Gasteiger partial charge in [0.2, 0.25) is 0 Å². The number of aromatic nitrogens is 4. The molecule has 0 radical (unpaired) electrons. The van der Waals surface area contributed by atoms with E-state index in [1.165, 1.54) is 7.11 Å². The van der Waals surface area contributed by atoms with Crippen LogP contribution < -0.4 is 0 Å². The first-order valence-corrected chi connectivity index (χ1v) is 8.11. The molecule has 1 fully saturated rings. The van der Waals surface area contributed by atoms with Crippen molar-refractivity contribution in [2.75, 3.05) is 13.7 Å². The van der Waals surface area contributed by atoms with Crippen molar-refractivity contribution in [3.63, 3.8) is 0 Å². The maximum absolute atomic E-state index is 10.4. The predicted molar refractivity (Wildman–Crippen MR) is 85.5 cm³/mol. The molecule has 0 saturated carbocycles. The zero-order valence-electron chi connectivity index (χ0n) is 13.8. The molecular formula is C16H22N4O5. The van der Waals surface area contributed by atoms with Gasteiger partial charge in [0.15, 0.2) is 12.1 Å². The summed E-state index contributed by atoms with van der Waals surface area (Å²) in [6.07, 6.45) is -3.82. The van der Waals surface area contributed by atoms with Crippen LogP contribution in [0.25, 0.3) is 0 Å².